The summed E-state index contributed by atoms with van der Waals surface area (Å²) in [7, 11) is 2.03. The standard InChI is InChI=1S/C28H26N6O3S/c1-17(35)29-25-28(37)34(21-9-8-18-10-13-33(22(18)14-21)20-6-4-3-5-7-20)23-15-24(38-27(23)31-25)26(36)30-19-11-12-32(2)16-19/h3-10,13-15,19H,11-12,16H2,1-2H3,(H,30,36)(H,29,31,35). The topological polar surface area (TPSA) is 101 Å². The average molecular weight is 527 g/mol. The van der Waals surface area contributed by atoms with Gasteiger partial charge in [0.25, 0.3) is 11.5 Å². The number of aromatic nitrogens is 3. The summed E-state index contributed by atoms with van der Waals surface area (Å²) in [4.78, 5) is 46.1. The number of thiophene rings is 1. The van der Waals surface area contributed by atoms with Gasteiger partial charge in [0.1, 0.15) is 4.83 Å². The van der Waals surface area contributed by atoms with Gasteiger partial charge < -0.3 is 20.1 Å². The Balaban J connectivity index is 1.49. The second-order valence-corrected chi connectivity index (χ2v) is 10.6. The molecule has 9 nitrogen and oxygen atoms in total. The first-order valence-corrected chi connectivity index (χ1v) is 13.2. The number of rotatable bonds is 5. The van der Waals surface area contributed by atoms with Crippen molar-refractivity contribution in [2.75, 3.05) is 25.5 Å². The molecule has 6 rings (SSSR count). The zero-order chi connectivity index (χ0) is 26.4. The molecule has 0 spiro atoms. The van der Waals surface area contributed by atoms with Crippen LogP contribution in [0.3, 0.4) is 0 Å². The Morgan fingerprint density at radius 3 is 2.58 bits per heavy atom. The van der Waals surface area contributed by atoms with Gasteiger partial charge in [-0.15, -0.1) is 11.3 Å². The van der Waals surface area contributed by atoms with Crippen molar-refractivity contribution in [2.45, 2.75) is 19.4 Å². The fourth-order valence-corrected chi connectivity index (χ4v) is 5.89. The van der Waals surface area contributed by atoms with Gasteiger partial charge in [-0.2, -0.15) is 0 Å². The van der Waals surface area contributed by atoms with E-state index in [9.17, 15) is 14.4 Å². The number of para-hydroxylation sites is 1. The molecular formula is C28H26N6O3S. The van der Waals surface area contributed by atoms with Crippen molar-refractivity contribution >= 4 is 50.2 Å². The molecule has 0 aliphatic carbocycles. The first kappa shape index (κ1) is 24.1. The molecule has 1 unspecified atom stereocenters. The van der Waals surface area contributed by atoms with Gasteiger partial charge in [0.05, 0.1) is 21.6 Å². The molecule has 2 amide bonds. The van der Waals surface area contributed by atoms with Crippen LogP contribution < -0.4 is 16.2 Å². The van der Waals surface area contributed by atoms with Gasteiger partial charge in [-0.3, -0.25) is 19.0 Å². The Hall–Kier alpha value is -4.28. The number of hydrogen-bond donors (Lipinski definition) is 2. The van der Waals surface area contributed by atoms with E-state index < -0.39 is 11.5 Å². The Labute approximate surface area is 222 Å². The summed E-state index contributed by atoms with van der Waals surface area (Å²) in [5.74, 6) is -0.662. The zero-order valence-corrected chi connectivity index (χ0v) is 21.8. The number of nitrogens with zero attached hydrogens (tertiary/aromatic N) is 4. The number of anilines is 1. The number of carbonyl (C=O) groups excluding carboxylic acids is 2. The molecule has 2 aromatic carbocycles. The average Bonchev–Trinajstić information content (AvgIpc) is 3.62. The van der Waals surface area contributed by atoms with E-state index in [0.29, 0.717) is 20.9 Å². The second-order valence-electron chi connectivity index (χ2n) is 9.57. The number of hydrogen-bond acceptors (Lipinski definition) is 6. The summed E-state index contributed by atoms with van der Waals surface area (Å²) >= 11 is 1.20. The molecule has 0 saturated carbocycles. The van der Waals surface area contributed by atoms with Gasteiger partial charge in [-0.25, -0.2) is 4.98 Å². The molecule has 3 aromatic heterocycles. The quantitative estimate of drug-likeness (QED) is 0.363. The van der Waals surface area contributed by atoms with Crippen molar-refractivity contribution in [2.24, 2.45) is 0 Å². The van der Waals surface area contributed by atoms with Gasteiger partial charge in [-0.05, 0) is 56.4 Å². The van der Waals surface area contributed by atoms with Crippen molar-refractivity contribution < 1.29 is 9.59 Å². The van der Waals surface area contributed by atoms with Gasteiger partial charge >= 0.3 is 0 Å². The number of likely N-dealkylation sites (tertiary alicyclic amines) is 1. The highest BCUT2D eigenvalue weighted by atomic mass is 32.1. The molecule has 1 atom stereocenters. The maximum absolute atomic E-state index is 13.6. The lowest BCUT2D eigenvalue weighted by molar-refractivity contribution is -0.114. The van der Waals surface area contributed by atoms with Crippen molar-refractivity contribution in [1.82, 2.24) is 24.3 Å². The molecule has 0 radical (unpaired) electrons. The molecule has 4 heterocycles. The van der Waals surface area contributed by atoms with Crippen molar-refractivity contribution in [1.29, 1.82) is 0 Å². The fraction of sp³-hybridized carbons (Fsp3) is 0.214. The van der Waals surface area contributed by atoms with Crippen molar-refractivity contribution in [3.8, 4) is 11.4 Å². The summed E-state index contributed by atoms with van der Waals surface area (Å²) in [5.41, 5.74) is 2.58. The lowest BCUT2D eigenvalue weighted by Crippen LogP contribution is -2.36. The largest absolute Gasteiger partial charge is 0.347 e. The molecule has 2 N–H and O–H groups in total. The molecule has 192 valence electrons. The van der Waals surface area contributed by atoms with E-state index in [4.69, 9.17) is 0 Å². The van der Waals surface area contributed by atoms with E-state index in [-0.39, 0.29) is 17.8 Å². The predicted molar refractivity (Wildman–Crippen MR) is 150 cm³/mol. The summed E-state index contributed by atoms with van der Waals surface area (Å²) in [5, 5.41) is 6.67. The lowest BCUT2D eigenvalue weighted by atomic mass is 10.2. The molecule has 0 bridgehead atoms. The van der Waals surface area contributed by atoms with E-state index in [0.717, 1.165) is 36.1 Å². The van der Waals surface area contributed by atoms with Crippen LogP contribution in [0.1, 0.15) is 23.0 Å². The first-order chi connectivity index (χ1) is 18.4. The van der Waals surface area contributed by atoms with E-state index in [1.54, 1.807) is 6.07 Å². The number of carbonyl (C=O) groups is 2. The molecular weight excluding hydrogens is 500 g/mol. The molecule has 1 aliphatic rings. The molecule has 38 heavy (non-hydrogen) atoms. The van der Waals surface area contributed by atoms with Crippen molar-refractivity contribution in [3.05, 3.63) is 82.1 Å². The molecule has 1 aliphatic heterocycles. The van der Waals surface area contributed by atoms with E-state index in [1.165, 1.54) is 22.8 Å². The van der Waals surface area contributed by atoms with Gasteiger partial charge in [0, 0.05) is 36.8 Å². The minimum Gasteiger partial charge on any atom is -0.347 e. The minimum absolute atomic E-state index is 0.0743. The fourth-order valence-electron chi connectivity index (χ4n) is 4.97. The maximum atomic E-state index is 13.6. The van der Waals surface area contributed by atoms with Crippen LogP contribution in [0.15, 0.2) is 71.7 Å². The van der Waals surface area contributed by atoms with Crippen LogP contribution in [0.2, 0.25) is 0 Å². The molecule has 1 saturated heterocycles. The highest BCUT2D eigenvalue weighted by Crippen LogP contribution is 2.29. The third-order valence-corrected chi connectivity index (χ3v) is 7.78. The van der Waals surface area contributed by atoms with Crippen LogP contribution in [-0.4, -0.2) is 57.0 Å². The molecule has 5 aromatic rings. The van der Waals surface area contributed by atoms with Crippen molar-refractivity contribution in [3.63, 3.8) is 0 Å². The maximum Gasteiger partial charge on any atom is 0.298 e. The number of fused-ring (bicyclic) bond motifs is 2. The third-order valence-electron chi connectivity index (χ3n) is 6.77. The number of amides is 2. The summed E-state index contributed by atoms with van der Waals surface area (Å²) < 4.78 is 3.58. The minimum atomic E-state index is -0.466. The van der Waals surface area contributed by atoms with E-state index in [1.807, 2.05) is 67.8 Å². The van der Waals surface area contributed by atoms with Gasteiger partial charge in [0.15, 0.2) is 0 Å². The normalized spacial score (nSPS) is 15.8. The van der Waals surface area contributed by atoms with Crippen LogP contribution in [0.4, 0.5) is 5.82 Å². The Bertz CT molecular complexity index is 1750. The van der Waals surface area contributed by atoms with Crippen LogP contribution in [0.25, 0.3) is 32.6 Å². The Kier molecular flexibility index (Phi) is 6.05. The predicted octanol–water partition coefficient (Wildman–Crippen LogP) is 3.78. The number of benzene rings is 2. The van der Waals surface area contributed by atoms with Gasteiger partial charge in [-0.1, -0.05) is 24.3 Å². The summed E-state index contributed by atoms with van der Waals surface area (Å²) in [6, 6.07) is 19.5. The van der Waals surface area contributed by atoms with Crippen LogP contribution in [0.5, 0.6) is 0 Å². The SMILES string of the molecule is CC(=O)Nc1nc2sc(C(=O)NC3CCN(C)C3)cc2n(-c2ccc3ccn(-c4ccccc4)c3c2)c1=O. The van der Waals surface area contributed by atoms with E-state index >= 15 is 0 Å². The second kappa shape index (κ2) is 9.55. The Morgan fingerprint density at radius 2 is 1.84 bits per heavy atom. The van der Waals surface area contributed by atoms with Crippen LogP contribution in [-0.2, 0) is 4.79 Å². The van der Waals surface area contributed by atoms with E-state index in [2.05, 4.69) is 25.1 Å². The summed E-state index contributed by atoms with van der Waals surface area (Å²) in [6.45, 7) is 3.07. The first-order valence-electron chi connectivity index (χ1n) is 12.4. The van der Waals surface area contributed by atoms with Crippen LogP contribution >= 0.6 is 11.3 Å². The Morgan fingerprint density at radius 1 is 1.03 bits per heavy atom. The third kappa shape index (κ3) is 4.37. The highest BCUT2D eigenvalue weighted by molar-refractivity contribution is 7.20. The molecule has 10 heteroatoms. The monoisotopic (exact) mass is 526 g/mol. The lowest BCUT2D eigenvalue weighted by Gasteiger charge is -2.12. The highest BCUT2D eigenvalue weighted by Gasteiger charge is 2.24. The smallest absolute Gasteiger partial charge is 0.298 e. The van der Waals surface area contributed by atoms with Crippen LogP contribution in [0, 0.1) is 0 Å². The number of nitrogens with one attached hydrogen (secondary N) is 2. The summed E-state index contributed by atoms with van der Waals surface area (Å²) in [6.07, 6.45) is 2.88. The zero-order valence-electron chi connectivity index (χ0n) is 21.0. The number of likely N-dealkylation sites (N-methyl/N-ethyl adjacent to an activating group) is 1. The molecule has 1 fully saturated rings. The van der Waals surface area contributed by atoms with Gasteiger partial charge in [0.2, 0.25) is 11.7 Å².